The lowest BCUT2D eigenvalue weighted by Gasteiger charge is -2.02. The summed E-state index contributed by atoms with van der Waals surface area (Å²) in [5.74, 6) is 0. The average Bonchev–Trinajstić information content (AvgIpc) is 2.82. The van der Waals surface area contributed by atoms with Gasteiger partial charge in [-0.1, -0.05) is 0 Å². The fraction of sp³-hybridized carbons (Fsp3) is 0.154. The first-order valence-electron chi connectivity index (χ1n) is 5.50. The van der Waals surface area contributed by atoms with Crippen LogP contribution in [0.5, 0.6) is 0 Å². The fourth-order valence-corrected chi connectivity index (χ4v) is 1.65. The minimum atomic E-state index is 0.0363. The predicted octanol–water partition coefficient (Wildman–Crippen LogP) is 2.40. The summed E-state index contributed by atoms with van der Waals surface area (Å²) in [6.07, 6.45) is 3.18. The van der Waals surface area contributed by atoms with Gasteiger partial charge in [-0.05, 0) is 25.1 Å². The van der Waals surface area contributed by atoms with Gasteiger partial charge in [0, 0.05) is 18.4 Å². The highest BCUT2D eigenvalue weighted by atomic mass is 15.0. The molecular weight excluding hydrogens is 226 g/mol. The van der Waals surface area contributed by atoms with Crippen molar-refractivity contribution in [3.05, 3.63) is 36.3 Å². The summed E-state index contributed by atoms with van der Waals surface area (Å²) >= 11 is 0. The zero-order valence-corrected chi connectivity index (χ0v) is 9.88. The Morgan fingerprint density at radius 2 is 2.22 bits per heavy atom. The standard InChI is InChI=1S/C13H11N5/c1-2-18-9-17-12-5-11(3-4-13(12)18)16-8-10(6-14)7-15/h3-5,8-9,16H,2H2,1H3. The van der Waals surface area contributed by atoms with Gasteiger partial charge in [0.15, 0.2) is 0 Å². The number of nitrogens with zero attached hydrogens (tertiary/aromatic N) is 4. The minimum absolute atomic E-state index is 0.0363. The molecule has 2 aromatic rings. The number of aryl methyl sites for hydroxylation is 1. The summed E-state index contributed by atoms with van der Waals surface area (Å²) in [6.45, 7) is 2.93. The lowest BCUT2D eigenvalue weighted by Crippen LogP contribution is -1.92. The Hall–Kier alpha value is -2.79. The molecule has 0 unspecified atom stereocenters. The van der Waals surface area contributed by atoms with Gasteiger partial charge in [-0.3, -0.25) is 0 Å². The van der Waals surface area contributed by atoms with E-state index in [1.54, 1.807) is 18.5 Å². The molecule has 1 heterocycles. The zero-order valence-electron chi connectivity index (χ0n) is 9.88. The molecule has 0 aliphatic rings. The van der Waals surface area contributed by atoms with Crippen molar-refractivity contribution in [3.8, 4) is 12.1 Å². The molecular formula is C13H11N5. The van der Waals surface area contributed by atoms with E-state index in [9.17, 15) is 0 Å². The number of rotatable bonds is 3. The van der Waals surface area contributed by atoms with Gasteiger partial charge in [-0.25, -0.2) is 4.98 Å². The molecule has 1 aromatic carbocycles. The lowest BCUT2D eigenvalue weighted by atomic mass is 10.2. The van der Waals surface area contributed by atoms with Crippen molar-refractivity contribution in [2.75, 3.05) is 5.32 Å². The van der Waals surface area contributed by atoms with E-state index in [1.165, 1.54) is 6.20 Å². The predicted molar refractivity (Wildman–Crippen MR) is 68.3 cm³/mol. The van der Waals surface area contributed by atoms with Crippen LogP contribution in [0.3, 0.4) is 0 Å². The number of fused-ring (bicyclic) bond motifs is 1. The molecule has 0 aliphatic heterocycles. The summed E-state index contributed by atoms with van der Waals surface area (Å²) in [5.41, 5.74) is 2.78. The third-order valence-electron chi connectivity index (χ3n) is 2.59. The number of imidazole rings is 1. The molecule has 1 aromatic heterocycles. The van der Waals surface area contributed by atoms with Crippen LogP contribution in [-0.2, 0) is 6.54 Å². The van der Waals surface area contributed by atoms with Crippen molar-refractivity contribution < 1.29 is 0 Å². The van der Waals surface area contributed by atoms with Crippen LogP contribution in [0.15, 0.2) is 36.3 Å². The van der Waals surface area contributed by atoms with Gasteiger partial charge < -0.3 is 9.88 Å². The smallest absolute Gasteiger partial charge is 0.145 e. The molecule has 0 radical (unpaired) electrons. The van der Waals surface area contributed by atoms with Crippen molar-refractivity contribution in [3.63, 3.8) is 0 Å². The molecule has 0 fully saturated rings. The molecule has 88 valence electrons. The van der Waals surface area contributed by atoms with Gasteiger partial charge in [0.1, 0.15) is 17.7 Å². The normalized spacial score (nSPS) is 9.50. The van der Waals surface area contributed by atoms with E-state index in [-0.39, 0.29) is 5.57 Å². The second-order valence-electron chi connectivity index (χ2n) is 3.66. The Labute approximate surface area is 105 Å². The summed E-state index contributed by atoms with van der Waals surface area (Å²) in [7, 11) is 0. The first kappa shape index (κ1) is 11.7. The van der Waals surface area contributed by atoms with E-state index in [0.29, 0.717) is 0 Å². The third-order valence-corrected chi connectivity index (χ3v) is 2.59. The number of allylic oxidation sites excluding steroid dienone is 1. The first-order chi connectivity index (χ1) is 8.78. The highest BCUT2D eigenvalue weighted by molar-refractivity contribution is 5.79. The van der Waals surface area contributed by atoms with E-state index in [1.807, 2.05) is 22.8 Å². The first-order valence-corrected chi connectivity index (χ1v) is 5.50. The van der Waals surface area contributed by atoms with E-state index in [0.717, 1.165) is 23.3 Å². The van der Waals surface area contributed by atoms with Crippen molar-refractivity contribution in [2.45, 2.75) is 13.5 Å². The Balaban J connectivity index is 2.30. The summed E-state index contributed by atoms with van der Waals surface area (Å²) in [4.78, 5) is 4.29. The highest BCUT2D eigenvalue weighted by Crippen LogP contribution is 2.18. The van der Waals surface area contributed by atoms with Crippen LogP contribution in [0.1, 0.15) is 6.92 Å². The summed E-state index contributed by atoms with van der Waals surface area (Å²) in [5, 5.41) is 20.1. The highest BCUT2D eigenvalue weighted by Gasteiger charge is 2.01. The Kier molecular flexibility index (Phi) is 3.26. The van der Waals surface area contributed by atoms with Crippen LogP contribution in [0.2, 0.25) is 0 Å². The summed E-state index contributed by atoms with van der Waals surface area (Å²) < 4.78 is 2.05. The van der Waals surface area contributed by atoms with Crippen LogP contribution in [-0.4, -0.2) is 9.55 Å². The molecule has 18 heavy (non-hydrogen) atoms. The third kappa shape index (κ3) is 2.16. The molecule has 5 nitrogen and oxygen atoms in total. The van der Waals surface area contributed by atoms with Crippen molar-refractivity contribution in [1.82, 2.24) is 9.55 Å². The second kappa shape index (κ2) is 5.03. The number of hydrogen-bond donors (Lipinski definition) is 1. The lowest BCUT2D eigenvalue weighted by molar-refractivity contribution is 0.787. The second-order valence-corrected chi connectivity index (χ2v) is 3.66. The maximum Gasteiger partial charge on any atom is 0.145 e. The van der Waals surface area contributed by atoms with Gasteiger partial charge in [0.25, 0.3) is 0 Å². The van der Waals surface area contributed by atoms with Crippen molar-refractivity contribution in [2.24, 2.45) is 0 Å². The molecule has 0 amide bonds. The van der Waals surface area contributed by atoms with E-state index in [2.05, 4.69) is 17.2 Å². The van der Waals surface area contributed by atoms with Crippen LogP contribution >= 0.6 is 0 Å². The molecule has 0 saturated carbocycles. The Morgan fingerprint density at radius 3 is 2.89 bits per heavy atom. The quantitative estimate of drug-likeness (QED) is 0.831. The van der Waals surface area contributed by atoms with Crippen LogP contribution < -0.4 is 5.32 Å². The Bertz CT molecular complexity index is 665. The molecule has 0 saturated heterocycles. The van der Waals surface area contributed by atoms with Crippen molar-refractivity contribution >= 4 is 16.7 Å². The molecule has 1 N–H and O–H groups in total. The molecule has 0 bridgehead atoms. The fourth-order valence-electron chi connectivity index (χ4n) is 1.65. The number of nitrogens with one attached hydrogen (secondary N) is 1. The number of hydrogen-bond acceptors (Lipinski definition) is 4. The largest absolute Gasteiger partial charge is 0.360 e. The topological polar surface area (TPSA) is 77.4 Å². The molecule has 0 aliphatic carbocycles. The number of nitriles is 2. The number of aromatic nitrogens is 2. The van der Waals surface area contributed by atoms with E-state index in [4.69, 9.17) is 10.5 Å². The maximum absolute atomic E-state index is 8.61. The van der Waals surface area contributed by atoms with Gasteiger partial charge in [0.2, 0.25) is 0 Å². The monoisotopic (exact) mass is 237 g/mol. The van der Waals surface area contributed by atoms with Crippen LogP contribution in [0.25, 0.3) is 11.0 Å². The number of benzene rings is 1. The molecule has 0 atom stereocenters. The molecule has 0 spiro atoms. The SMILES string of the molecule is CCn1cnc2cc(NC=C(C#N)C#N)ccc21. The van der Waals surface area contributed by atoms with Crippen molar-refractivity contribution in [1.29, 1.82) is 10.5 Å². The minimum Gasteiger partial charge on any atom is -0.360 e. The van der Waals surface area contributed by atoms with E-state index >= 15 is 0 Å². The Morgan fingerprint density at radius 1 is 1.44 bits per heavy atom. The van der Waals surface area contributed by atoms with Crippen LogP contribution in [0, 0.1) is 22.7 Å². The van der Waals surface area contributed by atoms with Gasteiger partial charge in [-0.2, -0.15) is 10.5 Å². The average molecular weight is 237 g/mol. The molecule has 5 heteroatoms. The van der Waals surface area contributed by atoms with E-state index < -0.39 is 0 Å². The van der Waals surface area contributed by atoms with Gasteiger partial charge in [-0.15, -0.1) is 0 Å². The van der Waals surface area contributed by atoms with Gasteiger partial charge in [0.05, 0.1) is 17.4 Å². The van der Waals surface area contributed by atoms with Gasteiger partial charge >= 0.3 is 0 Å². The maximum atomic E-state index is 8.61. The molecule has 2 rings (SSSR count). The number of anilines is 1. The van der Waals surface area contributed by atoms with Crippen LogP contribution in [0.4, 0.5) is 5.69 Å². The summed E-state index contributed by atoms with van der Waals surface area (Å²) in [6, 6.07) is 9.31. The zero-order chi connectivity index (χ0) is 13.0.